The van der Waals surface area contributed by atoms with E-state index < -0.39 is 56.9 Å². The lowest BCUT2D eigenvalue weighted by Gasteiger charge is -2.23. The molecule has 242 valence electrons. The van der Waals surface area contributed by atoms with E-state index in [9.17, 15) is 33.3 Å². The van der Waals surface area contributed by atoms with Crippen molar-refractivity contribution in [3.05, 3.63) is 53.1 Å². The molecule has 44 heavy (non-hydrogen) atoms. The Labute approximate surface area is 253 Å². The van der Waals surface area contributed by atoms with Crippen LogP contribution >= 0.6 is 15.6 Å². The highest BCUT2D eigenvalue weighted by molar-refractivity contribution is 7.47. The summed E-state index contributed by atoms with van der Waals surface area (Å²) >= 11 is 0. The molecule has 0 aromatic heterocycles. The van der Waals surface area contributed by atoms with Gasteiger partial charge in [-0.1, -0.05) is 31.4 Å². The third kappa shape index (κ3) is 11.2. The highest BCUT2D eigenvalue weighted by Crippen LogP contribution is 2.47. The number of primary amides is 1. The van der Waals surface area contributed by atoms with Gasteiger partial charge >= 0.3 is 15.6 Å². The molecule has 0 aliphatic heterocycles. The van der Waals surface area contributed by atoms with Gasteiger partial charge < -0.3 is 30.2 Å². The second kappa shape index (κ2) is 15.0. The number of phosphoric acid groups is 2. The number of ether oxygens (including phenoxy) is 1. The Bertz CT molecular complexity index is 1450. The van der Waals surface area contributed by atoms with E-state index in [1.54, 1.807) is 19.1 Å². The molecule has 0 saturated heterocycles. The van der Waals surface area contributed by atoms with Crippen molar-refractivity contribution in [3.8, 4) is 17.2 Å². The van der Waals surface area contributed by atoms with Crippen LogP contribution in [-0.2, 0) is 25.1 Å². The number of nitrogens with one attached hydrogen (secondary N) is 2. The van der Waals surface area contributed by atoms with Crippen molar-refractivity contribution in [1.82, 2.24) is 10.6 Å². The molecule has 0 unspecified atom stereocenters. The summed E-state index contributed by atoms with van der Waals surface area (Å²) in [4.78, 5) is 74.1. The summed E-state index contributed by atoms with van der Waals surface area (Å²) in [6.45, 7) is 3.32. The molecule has 8 N–H and O–H groups in total. The Morgan fingerprint density at radius 2 is 1.52 bits per heavy atom. The minimum atomic E-state index is -5.18. The smallest absolute Gasteiger partial charge is 0.492 e. The zero-order valence-corrected chi connectivity index (χ0v) is 26.0. The van der Waals surface area contributed by atoms with Crippen molar-refractivity contribution < 1.29 is 56.9 Å². The van der Waals surface area contributed by atoms with Crippen LogP contribution in [0.15, 0.2) is 36.4 Å². The van der Waals surface area contributed by atoms with E-state index in [0.29, 0.717) is 23.8 Å². The van der Waals surface area contributed by atoms with E-state index in [-0.39, 0.29) is 17.5 Å². The predicted octanol–water partition coefficient (Wildman–Crippen LogP) is 2.61. The second-order valence-electron chi connectivity index (χ2n) is 10.6. The Morgan fingerprint density at radius 1 is 0.909 bits per heavy atom. The lowest BCUT2D eigenvalue weighted by Crippen LogP contribution is -2.48. The van der Waals surface area contributed by atoms with Crippen LogP contribution < -0.4 is 30.2 Å². The number of rotatable bonds is 14. The summed E-state index contributed by atoms with van der Waals surface area (Å²) in [5, 5.41) is 5.25. The topological polar surface area (TPSA) is 244 Å². The zero-order valence-electron chi connectivity index (χ0n) is 24.2. The third-order valence-electron chi connectivity index (χ3n) is 6.90. The van der Waals surface area contributed by atoms with Gasteiger partial charge in [-0.15, -0.1) is 0 Å². The molecule has 17 heteroatoms. The largest absolute Gasteiger partial charge is 0.524 e. The summed E-state index contributed by atoms with van der Waals surface area (Å²) < 4.78 is 37.6. The maximum absolute atomic E-state index is 13.3. The van der Waals surface area contributed by atoms with E-state index in [0.717, 1.165) is 37.8 Å². The number of nitrogens with two attached hydrogens (primary N) is 1. The molecule has 3 amide bonds. The van der Waals surface area contributed by atoms with Gasteiger partial charge in [0.2, 0.25) is 11.8 Å². The molecule has 1 aliphatic rings. The summed E-state index contributed by atoms with van der Waals surface area (Å²) in [7, 11) is -10.3. The van der Waals surface area contributed by atoms with Gasteiger partial charge in [0.05, 0.1) is 18.2 Å². The predicted molar refractivity (Wildman–Crippen MR) is 157 cm³/mol. The molecule has 2 aromatic carbocycles. The van der Waals surface area contributed by atoms with Crippen LogP contribution in [0.2, 0.25) is 0 Å². The Balaban J connectivity index is 1.78. The van der Waals surface area contributed by atoms with Crippen LogP contribution in [-0.4, -0.2) is 49.9 Å². The number of carbonyl (C=O) groups is 3. The van der Waals surface area contributed by atoms with Gasteiger partial charge in [0.1, 0.15) is 11.8 Å². The first-order valence-electron chi connectivity index (χ1n) is 13.8. The van der Waals surface area contributed by atoms with Gasteiger partial charge in [-0.2, -0.15) is 0 Å². The lowest BCUT2D eigenvalue weighted by molar-refractivity contribution is -0.128. The van der Waals surface area contributed by atoms with Crippen molar-refractivity contribution in [2.75, 3.05) is 6.61 Å². The molecular weight excluding hydrogens is 620 g/mol. The van der Waals surface area contributed by atoms with Gasteiger partial charge in [0.15, 0.2) is 11.5 Å². The SMILES string of the molecule is CC(=O)N[C@@H](Cc1ccc(OP(=O)(O)O)c(OP(=O)(O)O)c1)C(=O)N[C@@H](C)c1ccc(OCC2CCCCC2)c(C(N)=O)c1. The summed E-state index contributed by atoms with van der Waals surface area (Å²) in [5.74, 6) is -2.49. The number of hydrogen-bond acceptors (Lipinski definition) is 8. The van der Waals surface area contributed by atoms with E-state index in [4.69, 9.17) is 20.3 Å². The normalized spacial score (nSPS) is 15.5. The summed E-state index contributed by atoms with van der Waals surface area (Å²) in [6, 6.07) is 6.27. The first-order chi connectivity index (χ1) is 20.5. The van der Waals surface area contributed by atoms with Crippen LogP contribution in [0.4, 0.5) is 0 Å². The first-order valence-corrected chi connectivity index (χ1v) is 16.8. The highest BCUT2D eigenvalue weighted by atomic mass is 31.2. The van der Waals surface area contributed by atoms with E-state index in [2.05, 4.69) is 19.7 Å². The number of hydrogen-bond donors (Lipinski definition) is 7. The molecule has 2 atom stereocenters. The van der Waals surface area contributed by atoms with Gasteiger partial charge in [-0.25, -0.2) is 9.13 Å². The monoisotopic (exact) mass is 657 g/mol. The van der Waals surface area contributed by atoms with Crippen molar-refractivity contribution in [2.24, 2.45) is 11.7 Å². The van der Waals surface area contributed by atoms with Gasteiger partial charge in [-0.05, 0) is 61.1 Å². The van der Waals surface area contributed by atoms with Crippen LogP contribution in [0, 0.1) is 5.92 Å². The van der Waals surface area contributed by atoms with Crippen LogP contribution in [0.1, 0.15) is 73.5 Å². The Kier molecular flexibility index (Phi) is 12.0. The first kappa shape index (κ1) is 35.0. The third-order valence-corrected chi connectivity index (χ3v) is 7.77. The number of phosphoric ester groups is 2. The molecule has 0 bridgehead atoms. The molecule has 1 aliphatic carbocycles. The fourth-order valence-electron chi connectivity index (χ4n) is 4.87. The van der Waals surface area contributed by atoms with Crippen LogP contribution in [0.3, 0.4) is 0 Å². The molecular formula is C27H37N3O12P2. The minimum absolute atomic E-state index is 0.160. The van der Waals surface area contributed by atoms with E-state index in [1.807, 2.05) is 0 Å². The fourth-order valence-corrected chi connectivity index (χ4v) is 5.67. The quantitative estimate of drug-likeness (QED) is 0.145. The molecule has 0 spiro atoms. The number of benzene rings is 2. The maximum Gasteiger partial charge on any atom is 0.524 e. The van der Waals surface area contributed by atoms with E-state index >= 15 is 0 Å². The zero-order chi connectivity index (χ0) is 32.7. The molecule has 15 nitrogen and oxygen atoms in total. The molecule has 1 fully saturated rings. The van der Waals surface area contributed by atoms with E-state index in [1.165, 1.54) is 25.5 Å². The molecule has 0 heterocycles. The standard InChI is InChI=1S/C27H37N3O12P2/c1-16(20-9-11-23(21(14-20)26(28)32)40-15-18-6-4-3-5-7-18)29-27(33)22(30-17(2)31)12-19-8-10-24(41-43(34,35)36)25(13-19)42-44(37,38)39/h8-11,13-14,16,18,22H,3-7,12,15H2,1-2H3,(H2,28,32)(H,29,33)(H,30,31)(H2,34,35,36)(H2,37,38,39)/t16-,22-/m0/s1. The van der Waals surface area contributed by atoms with Crippen molar-refractivity contribution >= 4 is 33.4 Å². The molecule has 2 aromatic rings. The van der Waals surface area contributed by atoms with Gasteiger partial charge in [0.25, 0.3) is 5.91 Å². The summed E-state index contributed by atoms with van der Waals surface area (Å²) in [6.07, 6.45) is 5.40. The average Bonchev–Trinajstić information content (AvgIpc) is 2.91. The van der Waals surface area contributed by atoms with Crippen LogP contribution in [0.5, 0.6) is 17.2 Å². The highest BCUT2D eigenvalue weighted by Gasteiger charge is 2.27. The number of carbonyl (C=O) groups excluding carboxylic acids is 3. The fraction of sp³-hybridized carbons (Fsp3) is 0.444. The maximum atomic E-state index is 13.3. The number of amides is 3. The minimum Gasteiger partial charge on any atom is -0.492 e. The van der Waals surface area contributed by atoms with Gasteiger partial charge in [-0.3, -0.25) is 34.0 Å². The molecule has 3 rings (SSSR count). The molecule has 1 saturated carbocycles. The van der Waals surface area contributed by atoms with Crippen molar-refractivity contribution in [1.29, 1.82) is 0 Å². The van der Waals surface area contributed by atoms with Crippen molar-refractivity contribution in [3.63, 3.8) is 0 Å². The average molecular weight is 658 g/mol. The Morgan fingerprint density at radius 3 is 2.11 bits per heavy atom. The second-order valence-corrected chi connectivity index (χ2v) is 12.9. The van der Waals surface area contributed by atoms with Crippen LogP contribution in [0.25, 0.3) is 0 Å². The molecule has 0 radical (unpaired) electrons. The Hall–Kier alpha value is -3.45. The van der Waals surface area contributed by atoms with Gasteiger partial charge in [0, 0.05) is 13.3 Å². The lowest BCUT2D eigenvalue weighted by atomic mass is 9.90. The van der Waals surface area contributed by atoms with Crippen molar-refractivity contribution in [2.45, 2.75) is 64.5 Å². The summed E-state index contributed by atoms with van der Waals surface area (Å²) in [5.41, 5.74) is 6.51.